The molecule has 0 aromatic heterocycles. The van der Waals surface area contributed by atoms with E-state index in [1.165, 1.54) is 18.2 Å². The normalized spacial score (nSPS) is 10.6. The molecule has 6 heteroatoms. The summed E-state index contributed by atoms with van der Waals surface area (Å²) in [6.45, 7) is -0.342. The van der Waals surface area contributed by atoms with Crippen molar-refractivity contribution in [1.29, 1.82) is 0 Å². The molecule has 0 aliphatic heterocycles. The fourth-order valence-electron chi connectivity index (χ4n) is 0.895. The summed E-state index contributed by atoms with van der Waals surface area (Å²) in [4.78, 5) is 12.7. The summed E-state index contributed by atoms with van der Waals surface area (Å²) >= 11 is 0. The minimum absolute atomic E-state index is 0.00354. The Hall–Kier alpha value is -1.81. The largest absolute Gasteiger partial charge is 0.470 e. The van der Waals surface area contributed by atoms with Crippen LogP contribution in [0.25, 0.3) is 0 Å². The summed E-state index contributed by atoms with van der Waals surface area (Å²) in [5, 5.41) is 0. The van der Waals surface area contributed by atoms with Crippen molar-refractivity contribution in [3.8, 4) is 5.75 Å². The van der Waals surface area contributed by atoms with Crippen LogP contribution in [0.2, 0.25) is 0 Å². The Morgan fingerprint density at radius 3 is 2.73 bits per heavy atom. The molecule has 0 aliphatic rings. The number of carbonyl (C=O) groups excluding carboxylic acids is 1. The van der Waals surface area contributed by atoms with Crippen LogP contribution in [0.3, 0.4) is 0 Å². The van der Waals surface area contributed by atoms with E-state index in [0.29, 0.717) is 0 Å². The van der Waals surface area contributed by atoms with E-state index in [9.17, 15) is 18.0 Å². The van der Waals surface area contributed by atoms with E-state index in [-0.39, 0.29) is 12.5 Å². The van der Waals surface area contributed by atoms with Crippen LogP contribution in [0.5, 0.6) is 5.75 Å². The van der Waals surface area contributed by atoms with Gasteiger partial charge in [-0.2, -0.15) is 18.2 Å². The SMILES string of the molecule is O=C=NCOc1cccc(C(F)(F)F)c1. The number of halogens is 3. The first-order valence-electron chi connectivity index (χ1n) is 3.88. The lowest BCUT2D eigenvalue weighted by Gasteiger charge is -2.08. The standard InChI is InChI=1S/C9H6F3NO2/c10-9(11,12)7-2-1-3-8(4-7)15-6-13-5-14/h1-4H,6H2. The van der Waals surface area contributed by atoms with Crippen molar-refractivity contribution in [3.05, 3.63) is 29.8 Å². The quantitative estimate of drug-likeness (QED) is 0.575. The summed E-state index contributed by atoms with van der Waals surface area (Å²) in [5.74, 6) is 0.00354. The van der Waals surface area contributed by atoms with Gasteiger partial charge in [-0.25, -0.2) is 4.79 Å². The molecule has 0 atom stereocenters. The molecule has 0 unspecified atom stereocenters. The lowest BCUT2D eigenvalue weighted by molar-refractivity contribution is -0.137. The summed E-state index contributed by atoms with van der Waals surface area (Å²) in [6.07, 6.45) is -3.20. The zero-order valence-corrected chi connectivity index (χ0v) is 7.41. The highest BCUT2D eigenvalue weighted by atomic mass is 19.4. The minimum atomic E-state index is -4.41. The van der Waals surface area contributed by atoms with Crippen molar-refractivity contribution in [3.63, 3.8) is 0 Å². The van der Waals surface area contributed by atoms with Crippen LogP contribution in [0, 0.1) is 0 Å². The van der Waals surface area contributed by atoms with Crippen LogP contribution in [0.4, 0.5) is 13.2 Å². The van der Waals surface area contributed by atoms with Gasteiger partial charge in [0, 0.05) is 0 Å². The van der Waals surface area contributed by atoms with Crippen molar-refractivity contribution in [2.75, 3.05) is 6.73 Å². The molecule has 0 amide bonds. The number of aliphatic imine (C=N–C) groups is 1. The molecule has 0 bridgehead atoms. The van der Waals surface area contributed by atoms with E-state index < -0.39 is 11.7 Å². The van der Waals surface area contributed by atoms with Gasteiger partial charge in [0.05, 0.1) is 5.56 Å². The van der Waals surface area contributed by atoms with Gasteiger partial charge in [0.1, 0.15) is 5.75 Å². The Balaban J connectivity index is 2.79. The second-order valence-corrected chi connectivity index (χ2v) is 2.55. The Bertz CT molecular complexity index is 383. The summed E-state index contributed by atoms with van der Waals surface area (Å²) in [5.41, 5.74) is -0.810. The van der Waals surface area contributed by atoms with Crippen molar-refractivity contribution >= 4 is 6.08 Å². The smallest absolute Gasteiger partial charge is 0.416 e. The number of isocyanates is 1. The predicted octanol–water partition coefficient (Wildman–Crippen LogP) is 2.38. The lowest BCUT2D eigenvalue weighted by atomic mass is 10.2. The van der Waals surface area contributed by atoms with E-state index in [2.05, 4.69) is 4.99 Å². The molecule has 3 nitrogen and oxygen atoms in total. The van der Waals surface area contributed by atoms with Crippen molar-refractivity contribution in [2.45, 2.75) is 6.18 Å². The fourth-order valence-corrected chi connectivity index (χ4v) is 0.895. The van der Waals surface area contributed by atoms with Gasteiger partial charge in [0.15, 0.2) is 6.73 Å². The van der Waals surface area contributed by atoms with Crippen LogP contribution >= 0.6 is 0 Å². The molecular formula is C9H6F3NO2. The Kier molecular flexibility index (Phi) is 3.46. The summed E-state index contributed by atoms with van der Waals surface area (Å²) in [7, 11) is 0. The molecule has 1 aromatic rings. The molecule has 0 fully saturated rings. The van der Waals surface area contributed by atoms with Crippen LogP contribution in [0.15, 0.2) is 29.3 Å². The second-order valence-electron chi connectivity index (χ2n) is 2.55. The number of hydrogen-bond donors (Lipinski definition) is 0. The third-order valence-electron chi connectivity index (χ3n) is 1.52. The number of alkyl halides is 3. The first-order valence-corrected chi connectivity index (χ1v) is 3.88. The zero-order chi connectivity index (χ0) is 11.3. The van der Waals surface area contributed by atoms with Gasteiger partial charge in [-0.1, -0.05) is 6.07 Å². The Morgan fingerprint density at radius 2 is 2.13 bits per heavy atom. The van der Waals surface area contributed by atoms with Crippen LogP contribution in [0.1, 0.15) is 5.56 Å². The average Bonchev–Trinajstić information content (AvgIpc) is 2.17. The van der Waals surface area contributed by atoms with E-state index in [1.54, 1.807) is 0 Å². The molecule has 80 valence electrons. The van der Waals surface area contributed by atoms with Crippen molar-refractivity contribution in [2.24, 2.45) is 4.99 Å². The van der Waals surface area contributed by atoms with Gasteiger partial charge >= 0.3 is 6.18 Å². The maximum Gasteiger partial charge on any atom is 0.416 e. The monoisotopic (exact) mass is 217 g/mol. The van der Waals surface area contributed by atoms with E-state index in [0.717, 1.165) is 12.1 Å². The highest BCUT2D eigenvalue weighted by molar-refractivity contribution is 5.33. The maximum absolute atomic E-state index is 12.2. The number of nitrogens with zero attached hydrogens (tertiary/aromatic N) is 1. The molecule has 1 aromatic carbocycles. The van der Waals surface area contributed by atoms with Gasteiger partial charge in [0.2, 0.25) is 6.08 Å². The molecule has 0 aliphatic carbocycles. The third-order valence-corrected chi connectivity index (χ3v) is 1.52. The number of rotatable bonds is 3. The second kappa shape index (κ2) is 4.61. The van der Waals surface area contributed by atoms with E-state index in [4.69, 9.17) is 4.74 Å². The highest BCUT2D eigenvalue weighted by Gasteiger charge is 2.30. The molecule has 0 radical (unpaired) electrons. The fraction of sp³-hybridized carbons (Fsp3) is 0.222. The van der Waals surface area contributed by atoms with Crippen molar-refractivity contribution in [1.82, 2.24) is 0 Å². The number of benzene rings is 1. The lowest BCUT2D eigenvalue weighted by Crippen LogP contribution is -2.05. The molecule has 0 saturated carbocycles. The van der Waals surface area contributed by atoms with Crippen LogP contribution < -0.4 is 4.74 Å². The molecule has 1 rings (SSSR count). The third kappa shape index (κ3) is 3.44. The highest BCUT2D eigenvalue weighted by Crippen LogP contribution is 2.31. The Morgan fingerprint density at radius 1 is 1.40 bits per heavy atom. The summed E-state index contributed by atoms with van der Waals surface area (Å²) < 4.78 is 41.4. The van der Waals surface area contributed by atoms with E-state index in [1.807, 2.05) is 0 Å². The molecule has 15 heavy (non-hydrogen) atoms. The first-order chi connectivity index (χ1) is 7.04. The summed E-state index contributed by atoms with van der Waals surface area (Å²) in [6, 6.07) is 4.31. The number of ether oxygens (including phenoxy) is 1. The molecule has 0 saturated heterocycles. The van der Waals surface area contributed by atoms with Gasteiger partial charge in [-0.3, -0.25) is 0 Å². The minimum Gasteiger partial charge on any atom is -0.470 e. The molecule has 0 N–H and O–H groups in total. The molecule has 0 spiro atoms. The average molecular weight is 217 g/mol. The van der Waals surface area contributed by atoms with Gasteiger partial charge in [-0.05, 0) is 18.2 Å². The molecule has 0 heterocycles. The van der Waals surface area contributed by atoms with Crippen LogP contribution in [-0.4, -0.2) is 12.8 Å². The number of hydrogen-bond acceptors (Lipinski definition) is 3. The van der Waals surface area contributed by atoms with E-state index >= 15 is 0 Å². The van der Waals surface area contributed by atoms with Gasteiger partial charge in [0.25, 0.3) is 0 Å². The zero-order valence-electron chi connectivity index (χ0n) is 7.41. The first kappa shape index (κ1) is 11.3. The predicted molar refractivity (Wildman–Crippen MR) is 45.1 cm³/mol. The topological polar surface area (TPSA) is 38.7 Å². The van der Waals surface area contributed by atoms with Gasteiger partial charge < -0.3 is 4.74 Å². The van der Waals surface area contributed by atoms with Crippen molar-refractivity contribution < 1.29 is 22.7 Å². The molecular weight excluding hydrogens is 211 g/mol. The van der Waals surface area contributed by atoms with Gasteiger partial charge in [-0.15, -0.1) is 0 Å². The maximum atomic E-state index is 12.2. The Labute approximate surface area is 83.2 Å². The van der Waals surface area contributed by atoms with Crippen LogP contribution in [-0.2, 0) is 11.0 Å².